The predicted molar refractivity (Wildman–Crippen MR) is 74.3 cm³/mol. The predicted octanol–water partition coefficient (Wildman–Crippen LogP) is 0.853. The molecule has 1 fully saturated rings. The molecule has 6 heteroatoms. The minimum absolute atomic E-state index is 0.113. The van der Waals surface area contributed by atoms with Crippen LogP contribution in [-0.4, -0.2) is 51.6 Å². The lowest BCUT2D eigenvalue weighted by Gasteiger charge is -2.27. The van der Waals surface area contributed by atoms with E-state index < -0.39 is 0 Å². The Kier molecular flexibility index (Phi) is 3.64. The maximum absolute atomic E-state index is 12.3. The summed E-state index contributed by atoms with van der Waals surface area (Å²) in [5.41, 5.74) is 0.832. The van der Waals surface area contributed by atoms with E-state index in [0.717, 1.165) is 23.3 Å². The van der Waals surface area contributed by atoms with Crippen molar-refractivity contribution in [1.82, 2.24) is 19.4 Å². The first-order chi connectivity index (χ1) is 9.78. The molecule has 1 aliphatic rings. The van der Waals surface area contributed by atoms with Crippen molar-refractivity contribution in [3.8, 4) is 0 Å². The molecule has 1 saturated heterocycles. The van der Waals surface area contributed by atoms with Crippen molar-refractivity contribution in [3.05, 3.63) is 24.3 Å². The summed E-state index contributed by atoms with van der Waals surface area (Å²) in [6.07, 6.45) is 4.51. The first-order valence-electron chi connectivity index (χ1n) is 6.94. The van der Waals surface area contributed by atoms with Crippen molar-refractivity contribution < 1.29 is 9.53 Å². The summed E-state index contributed by atoms with van der Waals surface area (Å²) >= 11 is 0. The van der Waals surface area contributed by atoms with E-state index in [4.69, 9.17) is 4.74 Å². The number of hydrogen-bond acceptors (Lipinski definition) is 4. The van der Waals surface area contributed by atoms with Crippen molar-refractivity contribution in [1.29, 1.82) is 0 Å². The number of fused-ring (bicyclic) bond motifs is 1. The average Bonchev–Trinajstić information content (AvgIpc) is 2.90. The van der Waals surface area contributed by atoms with Gasteiger partial charge >= 0.3 is 0 Å². The van der Waals surface area contributed by atoms with E-state index in [0.29, 0.717) is 32.8 Å². The minimum Gasteiger partial charge on any atom is -0.378 e. The van der Waals surface area contributed by atoms with Gasteiger partial charge in [0, 0.05) is 37.3 Å². The van der Waals surface area contributed by atoms with E-state index in [1.807, 2.05) is 34.9 Å². The Morgan fingerprint density at radius 3 is 2.95 bits per heavy atom. The minimum atomic E-state index is 0.113. The highest BCUT2D eigenvalue weighted by Gasteiger charge is 2.18. The van der Waals surface area contributed by atoms with Crippen LogP contribution < -0.4 is 0 Å². The van der Waals surface area contributed by atoms with Crippen LogP contribution in [0.25, 0.3) is 11.0 Å². The summed E-state index contributed by atoms with van der Waals surface area (Å²) in [4.78, 5) is 22.9. The molecule has 6 nitrogen and oxygen atoms in total. The van der Waals surface area contributed by atoms with Crippen molar-refractivity contribution in [2.24, 2.45) is 0 Å². The lowest BCUT2D eigenvalue weighted by molar-refractivity contribution is -0.135. The number of hydrogen-bond donors (Lipinski definition) is 0. The molecule has 106 valence electrons. The maximum Gasteiger partial charge on any atom is 0.242 e. The van der Waals surface area contributed by atoms with Crippen molar-refractivity contribution >= 4 is 16.9 Å². The van der Waals surface area contributed by atoms with E-state index in [9.17, 15) is 4.79 Å². The Morgan fingerprint density at radius 2 is 2.20 bits per heavy atom. The number of rotatable bonds is 3. The lowest BCUT2D eigenvalue weighted by Crippen LogP contribution is -2.42. The number of carbonyl (C=O) groups is 1. The number of aryl methyl sites for hydroxylation is 1. The van der Waals surface area contributed by atoms with Gasteiger partial charge in [0.05, 0.1) is 13.2 Å². The van der Waals surface area contributed by atoms with Crippen molar-refractivity contribution in [3.63, 3.8) is 0 Å². The first kappa shape index (κ1) is 13.1. The molecule has 0 radical (unpaired) electrons. The summed E-state index contributed by atoms with van der Waals surface area (Å²) in [7, 11) is 0. The van der Waals surface area contributed by atoms with E-state index in [-0.39, 0.29) is 5.91 Å². The van der Waals surface area contributed by atoms with Gasteiger partial charge in [0.25, 0.3) is 0 Å². The third kappa shape index (κ3) is 2.51. The average molecular weight is 274 g/mol. The molecular formula is C14H18N4O2. The van der Waals surface area contributed by atoms with Gasteiger partial charge < -0.3 is 14.2 Å². The van der Waals surface area contributed by atoms with Crippen LogP contribution in [0.3, 0.4) is 0 Å². The van der Waals surface area contributed by atoms with Crippen LogP contribution in [0, 0.1) is 0 Å². The summed E-state index contributed by atoms with van der Waals surface area (Å²) in [5.74, 6) is 0.915. The second-order valence-electron chi connectivity index (χ2n) is 4.86. The number of amides is 1. The van der Waals surface area contributed by atoms with Gasteiger partial charge in [-0.15, -0.1) is 0 Å². The molecular weight excluding hydrogens is 256 g/mol. The maximum atomic E-state index is 12.3. The fourth-order valence-corrected chi connectivity index (χ4v) is 2.36. The molecule has 2 aromatic rings. The fraction of sp³-hybridized carbons (Fsp3) is 0.500. The molecule has 2 aromatic heterocycles. The highest BCUT2D eigenvalue weighted by Crippen LogP contribution is 2.13. The first-order valence-corrected chi connectivity index (χ1v) is 6.94. The Bertz CT molecular complexity index is 617. The van der Waals surface area contributed by atoms with Gasteiger partial charge in [-0.25, -0.2) is 9.97 Å². The van der Waals surface area contributed by atoms with Gasteiger partial charge in [-0.05, 0) is 6.07 Å². The molecule has 3 rings (SSSR count). The number of ether oxygens (including phenoxy) is 1. The van der Waals surface area contributed by atoms with Crippen molar-refractivity contribution in [2.45, 2.75) is 19.9 Å². The zero-order chi connectivity index (χ0) is 13.9. The van der Waals surface area contributed by atoms with Crippen molar-refractivity contribution in [2.75, 3.05) is 26.3 Å². The van der Waals surface area contributed by atoms with Crippen LogP contribution in [0.1, 0.15) is 12.7 Å². The molecule has 1 aliphatic heterocycles. The van der Waals surface area contributed by atoms with Gasteiger partial charge in [-0.3, -0.25) is 4.79 Å². The molecule has 0 unspecified atom stereocenters. The van der Waals surface area contributed by atoms with E-state index in [1.165, 1.54) is 0 Å². The van der Waals surface area contributed by atoms with Gasteiger partial charge in [0.2, 0.25) is 5.91 Å². The van der Waals surface area contributed by atoms with E-state index >= 15 is 0 Å². The molecule has 20 heavy (non-hydrogen) atoms. The SMILES string of the molecule is CCc1ncc2ccn(CC(=O)N3CCOCC3)c2n1. The zero-order valence-electron chi connectivity index (χ0n) is 11.6. The number of aromatic nitrogens is 3. The van der Waals surface area contributed by atoms with Crippen LogP contribution in [0.4, 0.5) is 0 Å². The molecule has 0 aliphatic carbocycles. The lowest BCUT2D eigenvalue weighted by atomic mass is 10.4. The van der Waals surface area contributed by atoms with E-state index in [2.05, 4.69) is 9.97 Å². The third-order valence-corrected chi connectivity index (χ3v) is 3.54. The smallest absolute Gasteiger partial charge is 0.242 e. The molecule has 0 aromatic carbocycles. The second kappa shape index (κ2) is 5.58. The standard InChI is InChI=1S/C14H18N4O2/c1-2-12-15-9-11-3-4-18(14(11)16-12)10-13(19)17-5-7-20-8-6-17/h3-4,9H,2,5-8,10H2,1H3. The number of morpholine rings is 1. The molecule has 0 N–H and O–H groups in total. The molecule has 3 heterocycles. The fourth-order valence-electron chi connectivity index (χ4n) is 2.36. The van der Waals surface area contributed by atoms with Gasteiger partial charge in [-0.1, -0.05) is 6.92 Å². The highest BCUT2D eigenvalue weighted by molar-refractivity contribution is 5.80. The van der Waals surface area contributed by atoms with Crippen LogP contribution in [0.15, 0.2) is 18.5 Å². The molecule has 1 amide bonds. The highest BCUT2D eigenvalue weighted by atomic mass is 16.5. The monoisotopic (exact) mass is 274 g/mol. The molecule has 0 atom stereocenters. The topological polar surface area (TPSA) is 60.2 Å². The Hall–Kier alpha value is -1.95. The zero-order valence-corrected chi connectivity index (χ0v) is 11.6. The van der Waals surface area contributed by atoms with E-state index in [1.54, 1.807) is 0 Å². The summed E-state index contributed by atoms with van der Waals surface area (Å²) in [6, 6.07) is 1.95. The van der Waals surface area contributed by atoms with Crippen LogP contribution in [-0.2, 0) is 22.5 Å². The molecule has 0 bridgehead atoms. The van der Waals surface area contributed by atoms with Crippen LogP contribution in [0.2, 0.25) is 0 Å². The Labute approximate surface area is 117 Å². The number of nitrogens with zero attached hydrogens (tertiary/aromatic N) is 4. The summed E-state index contributed by atoms with van der Waals surface area (Å²) in [6.45, 7) is 4.94. The second-order valence-corrected chi connectivity index (χ2v) is 4.86. The quantitative estimate of drug-likeness (QED) is 0.832. The third-order valence-electron chi connectivity index (χ3n) is 3.54. The van der Waals surface area contributed by atoms with Gasteiger partial charge in [0.1, 0.15) is 18.0 Å². The Balaban J connectivity index is 1.81. The number of carbonyl (C=O) groups excluding carboxylic acids is 1. The largest absolute Gasteiger partial charge is 0.378 e. The Morgan fingerprint density at radius 1 is 1.40 bits per heavy atom. The van der Waals surface area contributed by atoms with Crippen LogP contribution in [0.5, 0.6) is 0 Å². The molecule has 0 saturated carbocycles. The van der Waals surface area contributed by atoms with Gasteiger partial charge in [-0.2, -0.15) is 0 Å². The normalized spacial score (nSPS) is 15.8. The summed E-state index contributed by atoms with van der Waals surface area (Å²) < 4.78 is 7.16. The summed E-state index contributed by atoms with van der Waals surface area (Å²) in [5, 5.41) is 0.969. The van der Waals surface area contributed by atoms with Gasteiger partial charge in [0.15, 0.2) is 0 Å². The molecule has 0 spiro atoms. The van der Waals surface area contributed by atoms with Crippen LogP contribution >= 0.6 is 0 Å².